The second kappa shape index (κ2) is 4.00. The van der Waals surface area contributed by atoms with Gasteiger partial charge in [-0.3, -0.25) is 0 Å². The second-order valence-electron chi connectivity index (χ2n) is 2.70. The van der Waals surface area contributed by atoms with Gasteiger partial charge < -0.3 is 15.3 Å². The summed E-state index contributed by atoms with van der Waals surface area (Å²) in [6.45, 7) is 1.44. The lowest BCUT2D eigenvalue weighted by Crippen LogP contribution is -2.22. The molecule has 0 bridgehead atoms. The Balaban J connectivity index is 2.77. The van der Waals surface area contributed by atoms with E-state index < -0.39 is 18.8 Å². The highest BCUT2D eigenvalue weighted by molar-refractivity contribution is 7.08. The standard InChI is InChI=1S/C8H12O3S/c1-5-3-12-4-6(5)8(11)7(10)2-9/h3-4,7-11H,2H2,1H3. The molecule has 0 radical (unpaired) electrons. The van der Waals surface area contributed by atoms with Crippen LogP contribution in [0.15, 0.2) is 10.8 Å². The Bertz CT molecular complexity index is 246. The first kappa shape index (κ1) is 9.67. The molecule has 3 N–H and O–H groups in total. The van der Waals surface area contributed by atoms with Crippen LogP contribution in [0.3, 0.4) is 0 Å². The number of hydrogen-bond donors (Lipinski definition) is 3. The molecule has 0 spiro atoms. The minimum Gasteiger partial charge on any atom is -0.394 e. The van der Waals surface area contributed by atoms with E-state index in [0.717, 1.165) is 5.56 Å². The molecule has 0 aliphatic carbocycles. The van der Waals surface area contributed by atoms with E-state index in [2.05, 4.69) is 0 Å². The third kappa shape index (κ3) is 1.84. The fourth-order valence-corrected chi connectivity index (χ4v) is 1.86. The highest BCUT2D eigenvalue weighted by atomic mass is 32.1. The molecule has 0 fully saturated rings. The molecule has 2 unspecified atom stereocenters. The molecular formula is C8H12O3S. The molecule has 0 aromatic carbocycles. The van der Waals surface area contributed by atoms with Crippen LogP contribution in [0.2, 0.25) is 0 Å². The summed E-state index contributed by atoms with van der Waals surface area (Å²) in [6, 6.07) is 0. The lowest BCUT2D eigenvalue weighted by atomic mass is 10.1. The summed E-state index contributed by atoms with van der Waals surface area (Å²) in [5.41, 5.74) is 1.64. The summed E-state index contributed by atoms with van der Waals surface area (Å²) in [5, 5.41) is 30.8. The lowest BCUT2D eigenvalue weighted by Gasteiger charge is -2.15. The Kier molecular flexibility index (Phi) is 3.22. The molecule has 0 aliphatic rings. The first-order valence-corrected chi connectivity index (χ1v) is 4.60. The minimum absolute atomic E-state index is 0.420. The molecule has 1 aromatic rings. The first-order chi connectivity index (χ1) is 5.66. The van der Waals surface area contributed by atoms with Crippen molar-refractivity contribution in [2.24, 2.45) is 0 Å². The first-order valence-electron chi connectivity index (χ1n) is 3.66. The fourth-order valence-electron chi connectivity index (χ4n) is 0.980. The molecule has 68 valence electrons. The van der Waals surface area contributed by atoms with Crippen molar-refractivity contribution in [1.82, 2.24) is 0 Å². The third-order valence-corrected chi connectivity index (χ3v) is 2.64. The molecule has 1 heterocycles. The molecule has 1 rings (SSSR count). The fraction of sp³-hybridized carbons (Fsp3) is 0.500. The van der Waals surface area contributed by atoms with E-state index in [-0.39, 0.29) is 0 Å². The topological polar surface area (TPSA) is 60.7 Å². The van der Waals surface area contributed by atoms with Crippen molar-refractivity contribution in [2.75, 3.05) is 6.61 Å². The Labute approximate surface area is 74.9 Å². The maximum Gasteiger partial charge on any atom is 0.108 e. The van der Waals surface area contributed by atoms with E-state index in [9.17, 15) is 5.11 Å². The number of thiophene rings is 1. The average molecular weight is 188 g/mol. The van der Waals surface area contributed by atoms with Gasteiger partial charge in [-0.25, -0.2) is 0 Å². The van der Waals surface area contributed by atoms with Crippen molar-refractivity contribution in [3.63, 3.8) is 0 Å². The van der Waals surface area contributed by atoms with Crippen molar-refractivity contribution in [3.8, 4) is 0 Å². The summed E-state index contributed by atoms with van der Waals surface area (Å²) >= 11 is 1.47. The number of aryl methyl sites for hydroxylation is 1. The van der Waals surface area contributed by atoms with Gasteiger partial charge in [-0.05, 0) is 28.8 Å². The lowest BCUT2D eigenvalue weighted by molar-refractivity contribution is -0.0153. The van der Waals surface area contributed by atoms with Gasteiger partial charge in [0.1, 0.15) is 12.2 Å². The van der Waals surface area contributed by atoms with Gasteiger partial charge in [-0.2, -0.15) is 11.3 Å². The van der Waals surface area contributed by atoms with Gasteiger partial charge in [-0.15, -0.1) is 0 Å². The van der Waals surface area contributed by atoms with Crippen molar-refractivity contribution < 1.29 is 15.3 Å². The van der Waals surface area contributed by atoms with E-state index in [4.69, 9.17) is 10.2 Å². The molecule has 0 saturated carbocycles. The molecule has 3 nitrogen and oxygen atoms in total. The summed E-state index contributed by atoms with van der Waals surface area (Å²) in [5.74, 6) is 0. The van der Waals surface area contributed by atoms with Crippen molar-refractivity contribution >= 4 is 11.3 Å². The van der Waals surface area contributed by atoms with E-state index in [1.807, 2.05) is 12.3 Å². The quantitative estimate of drug-likeness (QED) is 0.645. The largest absolute Gasteiger partial charge is 0.394 e. The van der Waals surface area contributed by atoms with Gasteiger partial charge in [0.15, 0.2) is 0 Å². The highest BCUT2D eigenvalue weighted by Crippen LogP contribution is 2.23. The smallest absolute Gasteiger partial charge is 0.108 e. The van der Waals surface area contributed by atoms with Gasteiger partial charge in [-0.1, -0.05) is 0 Å². The van der Waals surface area contributed by atoms with Crippen molar-refractivity contribution in [3.05, 3.63) is 21.9 Å². The average Bonchev–Trinajstić information content (AvgIpc) is 2.48. The molecule has 0 saturated heterocycles. The zero-order chi connectivity index (χ0) is 9.14. The van der Waals surface area contributed by atoms with Crippen LogP contribution in [-0.4, -0.2) is 28.0 Å². The Hall–Kier alpha value is -0.420. The van der Waals surface area contributed by atoms with Crippen LogP contribution in [0.5, 0.6) is 0 Å². The molecular weight excluding hydrogens is 176 g/mol. The molecule has 12 heavy (non-hydrogen) atoms. The predicted octanol–water partition coefficient (Wildman–Crippen LogP) is 0.443. The number of aliphatic hydroxyl groups excluding tert-OH is 3. The SMILES string of the molecule is Cc1cscc1C(O)C(O)CO. The van der Waals surface area contributed by atoms with E-state index >= 15 is 0 Å². The van der Waals surface area contributed by atoms with Crippen LogP contribution in [-0.2, 0) is 0 Å². The Morgan fingerprint density at radius 1 is 1.42 bits per heavy atom. The number of hydrogen-bond acceptors (Lipinski definition) is 4. The van der Waals surface area contributed by atoms with Gasteiger partial charge in [0.25, 0.3) is 0 Å². The second-order valence-corrected chi connectivity index (χ2v) is 3.45. The van der Waals surface area contributed by atoms with E-state index in [1.54, 1.807) is 5.38 Å². The summed E-state index contributed by atoms with van der Waals surface area (Å²) in [6.07, 6.45) is -2.06. The molecule has 2 atom stereocenters. The third-order valence-electron chi connectivity index (χ3n) is 1.77. The van der Waals surface area contributed by atoms with Gasteiger partial charge >= 0.3 is 0 Å². The zero-order valence-corrected chi connectivity index (χ0v) is 7.58. The van der Waals surface area contributed by atoms with Crippen LogP contribution in [0.1, 0.15) is 17.2 Å². The number of aliphatic hydroxyl groups is 3. The zero-order valence-electron chi connectivity index (χ0n) is 6.77. The molecule has 0 amide bonds. The van der Waals surface area contributed by atoms with Crippen molar-refractivity contribution in [1.29, 1.82) is 0 Å². The van der Waals surface area contributed by atoms with E-state index in [0.29, 0.717) is 5.56 Å². The predicted molar refractivity (Wildman–Crippen MR) is 47.1 cm³/mol. The minimum atomic E-state index is -1.08. The van der Waals surface area contributed by atoms with Crippen LogP contribution in [0.4, 0.5) is 0 Å². The maximum absolute atomic E-state index is 9.46. The Morgan fingerprint density at radius 2 is 2.08 bits per heavy atom. The normalized spacial score (nSPS) is 16.0. The van der Waals surface area contributed by atoms with Crippen molar-refractivity contribution in [2.45, 2.75) is 19.1 Å². The summed E-state index contributed by atoms with van der Waals surface area (Å²) in [4.78, 5) is 0. The van der Waals surface area contributed by atoms with E-state index in [1.165, 1.54) is 11.3 Å². The van der Waals surface area contributed by atoms with Gasteiger partial charge in [0, 0.05) is 0 Å². The number of rotatable bonds is 3. The summed E-state index contributed by atoms with van der Waals surface area (Å²) < 4.78 is 0. The van der Waals surface area contributed by atoms with Crippen LogP contribution in [0.25, 0.3) is 0 Å². The monoisotopic (exact) mass is 188 g/mol. The summed E-state index contributed by atoms with van der Waals surface area (Å²) in [7, 11) is 0. The molecule has 4 heteroatoms. The highest BCUT2D eigenvalue weighted by Gasteiger charge is 2.19. The van der Waals surface area contributed by atoms with Gasteiger partial charge in [0.05, 0.1) is 6.61 Å². The van der Waals surface area contributed by atoms with Crippen LogP contribution in [0, 0.1) is 6.92 Å². The molecule has 0 aliphatic heterocycles. The van der Waals surface area contributed by atoms with Crippen LogP contribution >= 0.6 is 11.3 Å². The maximum atomic E-state index is 9.46. The molecule has 1 aromatic heterocycles. The Morgan fingerprint density at radius 3 is 2.50 bits per heavy atom. The van der Waals surface area contributed by atoms with Gasteiger partial charge in [0.2, 0.25) is 0 Å². The van der Waals surface area contributed by atoms with Crippen LogP contribution < -0.4 is 0 Å².